The maximum atomic E-state index is 10.6. The van der Waals surface area contributed by atoms with Crippen molar-refractivity contribution in [1.82, 2.24) is 9.97 Å². The number of hydrogen-bond acceptors (Lipinski definition) is 4. The molecule has 1 aliphatic rings. The third-order valence-electron chi connectivity index (χ3n) is 3.84. The summed E-state index contributed by atoms with van der Waals surface area (Å²) >= 11 is 0. The van der Waals surface area contributed by atoms with Crippen molar-refractivity contribution in [3.8, 4) is 0 Å². The van der Waals surface area contributed by atoms with Crippen LogP contribution in [0.25, 0.3) is 0 Å². The van der Waals surface area contributed by atoms with E-state index in [1.807, 2.05) is 0 Å². The second-order valence-corrected chi connectivity index (χ2v) is 5.63. The first kappa shape index (κ1) is 14.8. The number of fused-ring (bicyclic) bond motifs is 1. The van der Waals surface area contributed by atoms with Gasteiger partial charge in [-0.1, -0.05) is 13.3 Å². The van der Waals surface area contributed by atoms with E-state index in [0.717, 1.165) is 25.2 Å². The van der Waals surface area contributed by atoms with E-state index in [4.69, 9.17) is 5.11 Å². The highest BCUT2D eigenvalue weighted by Gasteiger charge is 2.14. The summed E-state index contributed by atoms with van der Waals surface area (Å²) in [6, 6.07) is 0. The molecule has 1 aromatic heterocycles. The van der Waals surface area contributed by atoms with Crippen molar-refractivity contribution in [3.05, 3.63) is 17.6 Å². The van der Waals surface area contributed by atoms with Crippen LogP contribution in [0.3, 0.4) is 0 Å². The zero-order valence-corrected chi connectivity index (χ0v) is 12.1. The van der Waals surface area contributed by atoms with Crippen molar-refractivity contribution in [2.24, 2.45) is 5.92 Å². The Labute approximate surface area is 119 Å². The Morgan fingerprint density at radius 3 is 2.95 bits per heavy atom. The largest absolute Gasteiger partial charge is 0.481 e. The van der Waals surface area contributed by atoms with Crippen LogP contribution in [0.2, 0.25) is 0 Å². The molecule has 2 N–H and O–H groups in total. The molecule has 5 nitrogen and oxygen atoms in total. The normalized spacial score (nSPS) is 16.1. The Bertz CT molecular complexity index is 462. The molecule has 1 atom stereocenters. The highest BCUT2D eigenvalue weighted by Crippen LogP contribution is 2.24. The number of anilines is 1. The molecule has 20 heavy (non-hydrogen) atoms. The van der Waals surface area contributed by atoms with Crippen molar-refractivity contribution >= 4 is 11.8 Å². The molecule has 5 heteroatoms. The average Bonchev–Trinajstić information content (AvgIpc) is 2.68. The van der Waals surface area contributed by atoms with Gasteiger partial charge in [-0.3, -0.25) is 4.79 Å². The maximum Gasteiger partial charge on any atom is 0.303 e. The molecular formula is C15H23N3O2. The fraction of sp³-hybridized carbons (Fsp3) is 0.667. The van der Waals surface area contributed by atoms with Gasteiger partial charge in [0.2, 0.25) is 0 Å². The summed E-state index contributed by atoms with van der Waals surface area (Å²) in [5.74, 6) is 0.536. The predicted octanol–water partition coefficient (Wildman–Crippen LogP) is 2.66. The number of carbonyl (C=O) groups is 1. The molecule has 0 fully saturated rings. The molecule has 1 aromatic rings. The van der Waals surface area contributed by atoms with Crippen LogP contribution in [0.4, 0.5) is 5.82 Å². The minimum absolute atomic E-state index is 0.227. The molecule has 1 aliphatic carbocycles. The van der Waals surface area contributed by atoms with Crippen molar-refractivity contribution in [2.45, 2.75) is 51.9 Å². The Balaban J connectivity index is 1.94. The minimum atomic E-state index is -0.729. The smallest absolute Gasteiger partial charge is 0.303 e. The highest BCUT2D eigenvalue weighted by atomic mass is 16.4. The lowest BCUT2D eigenvalue weighted by Gasteiger charge is -2.15. The van der Waals surface area contributed by atoms with Gasteiger partial charge in [0.15, 0.2) is 0 Å². The molecule has 0 saturated heterocycles. The molecule has 0 amide bonds. The summed E-state index contributed by atoms with van der Waals surface area (Å²) in [5.41, 5.74) is 2.44. The Kier molecular flexibility index (Phi) is 5.32. The number of nitrogens with zero attached hydrogens (tertiary/aromatic N) is 2. The number of rotatable bonds is 6. The highest BCUT2D eigenvalue weighted by molar-refractivity contribution is 5.66. The van der Waals surface area contributed by atoms with Crippen LogP contribution in [0.5, 0.6) is 0 Å². The lowest BCUT2D eigenvalue weighted by molar-refractivity contribution is -0.137. The van der Waals surface area contributed by atoms with Crippen LogP contribution in [-0.2, 0) is 17.6 Å². The molecule has 1 heterocycles. The van der Waals surface area contributed by atoms with Crippen molar-refractivity contribution in [3.63, 3.8) is 0 Å². The zero-order valence-electron chi connectivity index (χ0n) is 12.1. The van der Waals surface area contributed by atoms with Gasteiger partial charge in [0, 0.05) is 24.2 Å². The van der Waals surface area contributed by atoms with Crippen molar-refractivity contribution < 1.29 is 9.90 Å². The molecule has 0 spiro atoms. The van der Waals surface area contributed by atoms with Gasteiger partial charge in [-0.15, -0.1) is 0 Å². The standard InChI is InChI=1S/C15H23N3O2/c1-11(7-8-14(19)20)9-16-15-12-5-3-2-4-6-13(12)17-10-18-15/h10-11H,2-9H2,1H3,(H,19,20)(H,16,17,18). The summed E-state index contributed by atoms with van der Waals surface area (Å²) in [4.78, 5) is 19.3. The summed E-state index contributed by atoms with van der Waals surface area (Å²) < 4.78 is 0. The van der Waals surface area contributed by atoms with E-state index in [1.54, 1.807) is 6.33 Å². The number of aromatic nitrogens is 2. The second kappa shape index (κ2) is 7.22. The fourth-order valence-electron chi connectivity index (χ4n) is 2.59. The summed E-state index contributed by atoms with van der Waals surface area (Å²) in [6.07, 6.45) is 8.30. The van der Waals surface area contributed by atoms with E-state index >= 15 is 0 Å². The van der Waals surface area contributed by atoms with E-state index in [1.165, 1.54) is 30.5 Å². The molecule has 0 bridgehead atoms. The Hall–Kier alpha value is -1.65. The topological polar surface area (TPSA) is 75.1 Å². The van der Waals surface area contributed by atoms with Gasteiger partial charge in [0.05, 0.1) is 0 Å². The predicted molar refractivity (Wildman–Crippen MR) is 77.8 cm³/mol. The number of carboxylic acids is 1. The van der Waals surface area contributed by atoms with Gasteiger partial charge in [0.25, 0.3) is 0 Å². The van der Waals surface area contributed by atoms with Gasteiger partial charge in [-0.05, 0) is 38.0 Å². The SMILES string of the molecule is CC(CCC(=O)O)CNc1ncnc2c1CCCCC2. The first-order chi connectivity index (χ1) is 9.66. The molecular weight excluding hydrogens is 254 g/mol. The van der Waals surface area contributed by atoms with Crippen LogP contribution in [0.15, 0.2) is 6.33 Å². The number of hydrogen-bond donors (Lipinski definition) is 2. The molecule has 0 aromatic carbocycles. The molecule has 2 rings (SSSR count). The first-order valence-corrected chi connectivity index (χ1v) is 7.45. The molecule has 110 valence electrons. The van der Waals surface area contributed by atoms with E-state index in [2.05, 4.69) is 22.2 Å². The van der Waals surface area contributed by atoms with E-state index in [-0.39, 0.29) is 6.42 Å². The van der Waals surface area contributed by atoms with Crippen molar-refractivity contribution in [1.29, 1.82) is 0 Å². The average molecular weight is 277 g/mol. The van der Waals surface area contributed by atoms with Crippen molar-refractivity contribution in [2.75, 3.05) is 11.9 Å². The lowest BCUT2D eigenvalue weighted by Crippen LogP contribution is -2.15. The molecule has 1 unspecified atom stereocenters. The summed E-state index contributed by atoms with van der Waals surface area (Å²) in [6.45, 7) is 2.83. The summed E-state index contributed by atoms with van der Waals surface area (Å²) in [5, 5.41) is 12.1. The third-order valence-corrected chi connectivity index (χ3v) is 3.84. The molecule has 0 aliphatic heterocycles. The quantitative estimate of drug-likeness (QED) is 0.782. The van der Waals surface area contributed by atoms with Gasteiger partial charge in [-0.25, -0.2) is 9.97 Å². The van der Waals surface area contributed by atoms with E-state index < -0.39 is 5.97 Å². The number of nitrogens with one attached hydrogen (secondary N) is 1. The molecule has 0 saturated carbocycles. The van der Waals surface area contributed by atoms with E-state index in [9.17, 15) is 4.79 Å². The van der Waals surface area contributed by atoms with Crippen LogP contribution in [-0.4, -0.2) is 27.6 Å². The Morgan fingerprint density at radius 1 is 1.35 bits per heavy atom. The lowest BCUT2D eigenvalue weighted by atomic mass is 10.1. The maximum absolute atomic E-state index is 10.6. The van der Waals surface area contributed by atoms with E-state index in [0.29, 0.717) is 12.3 Å². The monoisotopic (exact) mass is 277 g/mol. The van der Waals surface area contributed by atoms with Crippen LogP contribution in [0, 0.1) is 5.92 Å². The molecule has 0 radical (unpaired) electrons. The third kappa shape index (κ3) is 4.18. The number of aryl methyl sites for hydroxylation is 1. The number of carboxylic acid groups (broad SMARTS) is 1. The van der Waals surface area contributed by atoms with Crippen LogP contribution in [0.1, 0.15) is 50.3 Å². The summed E-state index contributed by atoms with van der Waals surface area (Å²) in [7, 11) is 0. The minimum Gasteiger partial charge on any atom is -0.481 e. The van der Waals surface area contributed by atoms with Gasteiger partial charge in [0.1, 0.15) is 12.1 Å². The Morgan fingerprint density at radius 2 is 2.15 bits per heavy atom. The van der Waals surface area contributed by atoms with Gasteiger partial charge < -0.3 is 10.4 Å². The number of aliphatic carboxylic acids is 1. The fourth-order valence-corrected chi connectivity index (χ4v) is 2.59. The van der Waals surface area contributed by atoms with Gasteiger partial charge in [-0.2, -0.15) is 0 Å². The second-order valence-electron chi connectivity index (χ2n) is 5.63. The van der Waals surface area contributed by atoms with Crippen LogP contribution >= 0.6 is 0 Å². The zero-order chi connectivity index (χ0) is 14.4. The van der Waals surface area contributed by atoms with Crippen LogP contribution < -0.4 is 5.32 Å². The first-order valence-electron chi connectivity index (χ1n) is 7.45. The van der Waals surface area contributed by atoms with Gasteiger partial charge >= 0.3 is 5.97 Å².